The molecule has 1 rings (SSSR count). The number of aryl methyl sites for hydroxylation is 1. The lowest BCUT2D eigenvalue weighted by atomic mass is 10.1. The molecule has 0 saturated heterocycles. The Labute approximate surface area is 127 Å². The second-order valence-electron chi connectivity index (χ2n) is 4.63. The van der Waals surface area contributed by atoms with Gasteiger partial charge in [0.25, 0.3) is 5.91 Å². The largest absolute Gasteiger partial charge is 0.480 e. The van der Waals surface area contributed by atoms with E-state index in [-0.39, 0.29) is 9.09 Å². The van der Waals surface area contributed by atoms with E-state index in [2.05, 4.69) is 5.32 Å². The molecule has 0 fully saturated rings. The summed E-state index contributed by atoms with van der Waals surface area (Å²) in [6.07, 6.45) is 1.81. The Kier molecular flexibility index (Phi) is 5.87. The molecule has 0 aliphatic rings. The van der Waals surface area contributed by atoms with Crippen LogP contribution in [0.5, 0.6) is 0 Å². The van der Waals surface area contributed by atoms with Crippen molar-refractivity contribution in [3.8, 4) is 0 Å². The molecular weight excluding hydrogens is 316 g/mol. The maximum Gasteiger partial charge on any atom is 0.326 e. The predicted molar refractivity (Wildman–Crippen MR) is 78.8 cm³/mol. The number of thiophene rings is 1. The lowest BCUT2D eigenvalue weighted by Crippen LogP contribution is -2.40. The van der Waals surface area contributed by atoms with Crippen LogP contribution in [0.25, 0.3) is 0 Å². The van der Waals surface area contributed by atoms with Crippen molar-refractivity contribution in [2.45, 2.75) is 43.4 Å². The lowest BCUT2D eigenvalue weighted by molar-refractivity contribution is -0.139. The summed E-state index contributed by atoms with van der Waals surface area (Å²) < 4.78 is 22.4. The maximum atomic E-state index is 12.1. The van der Waals surface area contributed by atoms with E-state index in [1.54, 1.807) is 6.92 Å². The SMILES string of the molecule is CCCC[C@H](NC(=O)c1sc(S(N)(=O)=O)cc1C)C(=O)O. The third-order valence-corrected chi connectivity index (χ3v) is 5.49. The molecule has 0 radical (unpaired) electrons. The molecule has 7 nitrogen and oxygen atoms in total. The minimum atomic E-state index is -3.87. The first-order chi connectivity index (χ1) is 9.66. The van der Waals surface area contributed by atoms with Crippen LogP contribution in [-0.4, -0.2) is 31.4 Å². The first kappa shape index (κ1) is 17.6. The topological polar surface area (TPSA) is 127 Å². The number of carboxylic acid groups (broad SMARTS) is 1. The summed E-state index contributed by atoms with van der Waals surface area (Å²) in [5.74, 6) is -1.71. The standard InChI is InChI=1S/C12H18N2O5S2/c1-3-4-5-8(12(16)17)14-11(15)10-7(2)6-9(20-10)21(13,18)19/h6,8H,3-5H2,1-2H3,(H,14,15)(H,16,17)(H2,13,18,19)/t8-/m0/s1. The lowest BCUT2D eigenvalue weighted by Gasteiger charge is -2.13. The van der Waals surface area contributed by atoms with Crippen LogP contribution >= 0.6 is 11.3 Å². The van der Waals surface area contributed by atoms with E-state index < -0.39 is 27.9 Å². The fourth-order valence-corrected chi connectivity index (χ4v) is 3.57. The highest BCUT2D eigenvalue weighted by Gasteiger charge is 2.24. The highest BCUT2D eigenvalue weighted by atomic mass is 32.2. The van der Waals surface area contributed by atoms with E-state index in [0.717, 1.165) is 17.8 Å². The Hall–Kier alpha value is -1.45. The molecule has 1 heterocycles. The van der Waals surface area contributed by atoms with Crippen molar-refractivity contribution in [2.75, 3.05) is 0 Å². The quantitative estimate of drug-likeness (QED) is 0.687. The van der Waals surface area contributed by atoms with Crippen molar-refractivity contribution in [3.05, 3.63) is 16.5 Å². The van der Waals surface area contributed by atoms with Gasteiger partial charge in [0, 0.05) is 0 Å². The number of hydrogen-bond acceptors (Lipinski definition) is 5. The molecule has 21 heavy (non-hydrogen) atoms. The number of rotatable bonds is 7. The van der Waals surface area contributed by atoms with E-state index in [9.17, 15) is 18.0 Å². The fourth-order valence-electron chi connectivity index (χ4n) is 1.71. The zero-order valence-electron chi connectivity index (χ0n) is 11.8. The van der Waals surface area contributed by atoms with E-state index in [0.29, 0.717) is 18.4 Å². The highest BCUT2D eigenvalue weighted by Crippen LogP contribution is 2.25. The number of carboxylic acids is 1. The number of sulfonamides is 1. The van der Waals surface area contributed by atoms with Gasteiger partial charge in [-0.2, -0.15) is 0 Å². The molecule has 4 N–H and O–H groups in total. The van der Waals surface area contributed by atoms with Crippen LogP contribution < -0.4 is 10.5 Å². The van der Waals surface area contributed by atoms with E-state index in [1.807, 2.05) is 6.92 Å². The van der Waals surface area contributed by atoms with Crippen LogP contribution in [0.15, 0.2) is 10.3 Å². The second-order valence-corrected chi connectivity index (χ2v) is 7.47. The summed E-state index contributed by atoms with van der Waals surface area (Å²) in [6.45, 7) is 3.49. The molecule has 0 spiro atoms. The number of nitrogens with two attached hydrogens (primary N) is 1. The average Bonchev–Trinajstić information content (AvgIpc) is 2.76. The molecule has 1 aromatic heterocycles. The van der Waals surface area contributed by atoms with Gasteiger partial charge in [0.05, 0.1) is 4.88 Å². The number of carbonyl (C=O) groups is 2. The summed E-state index contributed by atoms with van der Waals surface area (Å²) in [5, 5.41) is 16.5. The summed E-state index contributed by atoms with van der Waals surface area (Å²) in [5.41, 5.74) is 0.446. The molecule has 0 bridgehead atoms. The van der Waals surface area contributed by atoms with Crippen molar-refractivity contribution in [1.29, 1.82) is 0 Å². The van der Waals surface area contributed by atoms with Gasteiger partial charge in [0.1, 0.15) is 10.3 Å². The minimum Gasteiger partial charge on any atom is -0.480 e. The summed E-state index contributed by atoms with van der Waals surface area (Å²) in [4.78, 5) is 23.3. The van der Waals surface area contributed by atoms with E-state index in [4.69, 9.17) is 10.2 Å². The second kappa shape index (κ2) is 7.01. The number of carbonyl (C=O) groups excluding carboxylic acids is 1. The molecule has 9 heteroatoms. The number of amides is 1. The molecule has 118 valence electrons. The van der Waals surface area contributed by atoms with Crippen molar-refractivity contribution in [1.82, 2.24) is 5.32 Å². The van der Waals surface area contributed by atoms with Gasteiger partial charge >= 0.3 is 5.97 Å². The average molecular weight is 334 g/mol. The zero-order chi connectivity index (χ0) is 16.2. The van der Waals surface area contributed by atoms with E-state index in [1.165, 1.54) is 6.07 Å². The zero-order valence-corrected chi connectivity index (χ0v) is 13.4. The van der Waals surface area contributed by atoms with Crippen molar-refractivity contribution in [2.24, 2.45) is 5.14 Å². The Morgan fingerprint density at radius 3 is 2.52 bits per heavy atom. The van der Waals surface area contributed by atoms with Gasteiger partial charge < -0.3 is 10.4 Å². The summed E-state index contributed by atoms with van der Waals surface area (Å²) >= 11 is 0.734. The molecule has 0 aromatic carbocycles. The molecule has 0 aliphatic carbocycles. The summed E-state index contributed by atoms with van der Waals surface area (Å²) in [7, 11) is -3.87. The predicted octanol–water partition coefficient (Wildman–Crippen LogP) is 1.08. The van der Waals surface area contributed by atoms with Gasteiger partial charge in [0.15, 0.2) is 0 Å². The molecule has 0 aliphatic heterocycles. The first-order valence-electron chi connectivity index (χ1n) is 6.33. The third kappa shape index (κ3) is 4.80. The minimum absolute atomic E-state index is 0.120. The number of primary sulfonamides is 1. The Morgan fingerprint density at radius 1 is 1.48 bits per heavy atom. The van der Waals surface area contributed by atoms with Crippen molar-refractivity contribution >= 4 is 33.2 Å². The first-order valence-corrected chi connectivity index (χ1v) is 8.70. The molecule has 1 amide bonds. The van der Waals surface area contributed by atoms with Crippen molar-refractivity contribution < 1.29 is 23.1 Å². The normalized spacial score (nSPS) is 12.9. The highest BCUT2D eigenvalue weighted by molar-refractivity contribution is 7.91. The van der Waals surface area contributed by atoms with E-state index >= 15 is 0 Å². The monoisotopic (exact) mass is 334 g/mol. The third-order valence-electron chi connectivity index (χ3n) is 2.83. The van der Waals surface area contributed by atoms with Gasteiger partial charge in [-0.1, -0.05) is 19.8 Å². The molecule has 0 unspecified atom stereocenters. The fraction of sp³-hybridized carbons (Fsp3) is 0.500. The van der Waals surface area contributed by atoms with Gasteiger partial charge in [-0.15, -0.1) is 11.3 Å². The van der Waals surface area contributed by atoms with Crippen LogP contribution in [0.3, 0.4) is 0 Å². The molecule has 1 aromatic rings. The van der Waals surface area contributed by atoms with Crippen LogP contribution in [0.4, 0.5) is 0 Å². The van der Waals surface area contributed by atoms with Crippen LogP contribution in [0.1, 0.15) is 41.4 Å². The van der Waals surface area contributed by atoms with Crippen LogP contribution in [0.2, 0.25) is 0 Å². The van der Waals surface area contributed by atoms with Crippen LogP contribution in [-0.2, 0) is 14.8 Å². The van der Waals surface area contributed by atoms with Gasteiger partial charge in [0.2, 0.25) is 10.0 Å². The molecule has 1 atom stereocenters. The van der Waals surface area contributed by atoms with Crippen molar-refractivity contribution in [3.63, 3.8) is 0 Å². The van der Waals surface area contributed by atoms with Gasteiger partial charge in [-0.3, -0.25) is 4.79 Å². The van der Waals surface area contributed by atoms with Gasteiger partial charge in [-0.05, 0) is 25.0 Å². The number of hydrogen-bond donors (Lipinski definition) is 3. The van der Waals surface area contributed by atoms with Gasteiger partial charge in [-0.25, -0.2) is 18.4 Å². The maximum absolute atomic E-state index is 12.1. The Balaban J connectivity index is 2.93. The number of unbranched alkanes of at least 4 members (excludes halogenated alkanes) is 1. The molecule has 0 saturated carbocycles. The molecular formula is C12H18N2O5S2. The Bertz CT molecular complexity index is 636. The smallest absolute Gasteiger partial charge is 0.326 e. The number of aliphatic carboxylic acids is 1. The summed E-state index contributed by atoms with van der Waals surface area (Å²) in [6, 6.07) is 0.313. The number of nitrogens with one attached hydrogen (secondary N) is 1. The van der Waals surface area contributed by atoms with Crippen LogP contribution in [0, 0.1) is 6.92 Å². The Morgan fingerprint density at radius 2 is 2.10 bits per heavy atom.